The summed E-state index contributed by atoms with van der Waals surface area (Å²) in [5.41, 5.74) is 0.120. The van der Waals surface area contributed by atoms with E-state index in [9.17, 15) is 4.79 Å². The van der Waals surface area contributed by atoms with Crippen molar-refractivity contribution < 1.29 is 4.79 Å². The first-order valence-corrected chi connectivity index (χ1v) is 5.52. The van der Waals surface area contributed by atoms with Gasteiger partial charge in [-0.15, -0.1) is 0 Å². The largest absolute Gasteiger partial charge is 0.336 e. The summed E-state index contributed by atoms with van der Waals surface area (Å²) in [6.45, 7) is 3.17. The average Bonchev–Trinajstić information content (AvgIpc) is 2.64. The summed E-state index contributed by atoms with van der Waals surface area (Å²) in [5, 5.41) is 0. The minimum absolute atomic E-state index is 0.120. The molecule has 1 heterocycles. The second kappa shape index (κ2) is 2.28. The van der Waals surface area contributed by atoms with E-state index < -0.39 is 0 Å². The molecule has 2 saturated carbocycles. The van der Waals surface area contributed by atoms with Gasteiger partial charge in [-0.1, -0.05) is 0 Å². The number of nitrogens with zero attached hydrogens (tertiary/aromatic N) is 1. The molecule has 2 nitrogen and oxygen atoms in total. The Balaban J connectivity index is 1.80. The van der Waals surface area contributed by atoms with Crippen LogP contribution in [0.5, 0.6) is 0 Å². The van der Waals surface area contributed by atoms with Crippen LogP contribution in [-0.2, 0) is 4.79 Å². The highest BCUT2D eigenvalue weighted by Gasteiger charge is 2.54. The molecule has 3 rings (SSSR count). The number of rotatable bonds is 1. The van der Waals surface area contributed by atoms with E-state index in [-0.39, 0.29) is 5.41 Å². The summed E-state index contributed by atoms with van der Waals surface area (Å²) in [7, 11) is 0. The second-order valence-corrected chi connectivity index (χ2v) is 5.23. The van der Waals surface area contributed by atoms with Crippen LogP contribution in [0.25, 0.3) is 0 Å². The Kier molecular flexibility index (Phi) is 1.38. The van der Waals surface area contributed by atoms with Crippen molar-refractivity contribution in [1.29, 1.82) is 0 Å². The van der Waals surface area contributed by atoms with Gasteiger partial charge in [-0.25, -0.2) is 0 Å². The summed E-state index contributed by atoms with van der Waals surface area (Å²) in [4.78, 5) is 14.2. The molecule has 0 aromatic heterocycles. The predicted octanol–water partition coefficient (Wildman–Crippen LogP) is 1.80. The van der Waals surface area contributed by atoms with Gasteiger partial charge in [-0.05, 0) is 44.9 Å². The van der Waals surface area contributed by atoms with Crippen molar-refractivity contribution in [2.24, 2.45) is 11.3 Å². The van der Waals surface area contributed by atoms with E-state index in [4.69, 9.17) is 0 Å². The highest BCUT2D eigenvalue weighted by atomic mass is 16.2. The maximum Gasteiger partial charge on any atom is 0.229 e. The minimum Gasteiger partial charge on any atom is -0.336 e. The highest BCUT2D eigenvalue weighted by molar-refractivity contribution is 5.85. The molecule has 2 heteroatoms. The Bertz CT molecular complexity index is 253. The van der Waals surface area contributed by atoms with Crippen LogP contribution in [-0.4, -0.2) is 23.4 Å². The lowest BCUT2D eigenvalue weighted by Gasteiger charge is -2.25. The normalized spacial score (nSPS) is 47.0. The van der Waals surface area contributed by atoms with Gasteiger partial charge in [0.1, 0.15) is 0 Å². The van der Waals surface area contributed by atoms with Gasteiger partial charge in [0, 0.05) is 18.0 Å². The van der Waals surface area contributed by atoms with E-state index in [0.717, 1.165) is 12.5 Å². The van der Waals surface area contributed by atoms with Crippen LogP contribution in [0.2, 0.25) is 0 Å². The predicted molar refractivity (Wildman–Crippen MR) is 50.2 cm³/mol. The Morgan fingerprint density at radius 1 is 1.38 bits per heavy atom. The molecule has 1 amide bonds. The standard InChI is InChI=1S/C11H17NO/c1-8-7-12(8)10(13)11-4-2-9(6-11)3-5-11/h8-9H,2-7H2,1H3. The number of hydrogen-bond acceptors (Lipinski definition) is 1. The maximum atomic E-state index is 12.1. The lowest BCUT2D eigenvalue weighted by molar-refractivity contribution is -0.136. The van der Waals surface area contributed by atoms with E-state index >= 15 is 0 Å². The molecule has 1 aliphatic heterocycles. The van der Waals surface area contributed by atoms with Crippen LogP contribution >= 0.6 is 0 Å². The fraction of sp³-hybridized carbons (Fsp3) is 0.909. The molecule has 0 spiro atoms. The van der Waals surface area contributed by atoms with Crippen LogP contribution < -0.4 is 0 Å². The fourth-order valence-electron chi connectivity index (χ4n) is 3.32. The van der Waals surface area contributed by atoms with Gasteiger partial charge >= 0.3 is 0 Å². The molecule has 0 N–H and O–H groups in total. The first-order chi connectivity index (χ1) is 6.21. The van der Waals surface area contributed by atoms with Crippen molar-refractivity contribution in [2.75, 3.05) is 6.54 Å². The number of hydrogen-bond donors (Lipinski definition) is 0. The Labute approximate surface area is 79.3 Å². The topological polar surface area (TPSA) is 20.1 Å². The van der Waals surface area contributed by atoms with Gasteiger partial charge in [0.2, 0.25) is 5.91 Å². The van der Waals surface area contributed by atoms with E-state index in [1.807, 2.05) is 0 Å². The van der Waals surface area contributed by atoms with E-state index in [0.29, 0.717) is 11.9 Å². The van der Waals surface area contributed by atoms with Gasteiger partial charge in [-0.3, -0.25) is 4.79 Å². The van der Waals surface area contributed by atoms with Crippen LogP contribution in [0.15, 0.2) is 0 Å². The smallest absolute Gasteiger partial charge is 0.229 e. The van der Waals surface area contributed by atoms with Gasteiger partial charge in [0.15, 0.2) is 0 Å². The summed E-state index contributed by atoms with van der Waals surface area (Å²) >= 11 is 0. The zero-order valence-corrected chi connectivity index (χ0v) is 8.25. The first-order valence-electron chi connectivity index (χ1n) is 5.52. The van der Waals surface area contributed by atoms with Crippen molar-refractivity contribution in [3.05, 3.63) is 0 Å². The molecule has 0 aromatic rings. The third-order valence-electron chi connectivity index (χ3n) is 4.32. The third-order valence-corrected chi connectivity index (χ3v) is 4.32. The van der Waals surface area contributed by atoms with Crippen LogP contribution in [0.3, 0.4) is 0 Å². The molecule has 0 radical (unpaired) electrons. The molecule has 13 heavy (non-hydrogen) atoms. The van der Waals surface area contributed by atoms with Gasteiger partial charge in [-0.2, -0.15) is 0 Å². The first kappa shape index (κ1) is 7.84. The number of fused-ring (bicyclic) bond motifs is 2. The Morgan fingerprint density at radius 2 is 2.00 bits per heavy atom. The molecule has 1 saturated heterocycles. The van der Waals surface area contributed by atoms with Crippen molar-refractivity contribution in [3.8, 4) is 0 Å². The zero-order chi connectivity index (χ0) is 9.05. The highest BCUT2D eigenvalue weighted by Crippen LogP contribution is 2.55. The SMILES string of the molecule is CC1CN1C(=O)C12CCC(CC1)C2. The lowest BCUT2D eigenvalue weighted by Crippen LogP contribution is -2.32. The monoisotopic (exact) mass is 179 g/mol. The quantitative estimate of drug-likeness (QED) is 0.562. The summed E-state index contributed by atoms with van der Waals surface area (Å²) in [6.07, 6.45) is 6.19. The molecule has 1 atom stereocenters. The Morgan fingerprint density at radius 3 is 2.38 bits per heavy atom. The van der Waals surface area contributed by atoms with Crippen LogP contribution in [0.1, 0.15) is 39.0 Å². The van der Waals surface area contributed by atoms with Crippen LogP contribution in [0, 0.1) is 11.3 Å². The number of amides is 1. The number of carbonyl (C=O) groups is 1. The van der Waals surface area contributed by atoms with Crippen molar-refractivity contribution in [3.63, 3.8) is 0 Å². The molecule has 2 aliphatic carbocycles. The number of carbonyl (C=O) groups excluding carboxylic acids is 1. The molecule has 72 valence electrons. The van der Waals surface area contributed by atoms with Gasteiger partial charge < -0.3 is 4.90 Å². The molecule has 2 bridgehead atoms. The third kappa shape index (κ3) is 0.976. The minimum atomic E-state index is 0.120. The average molecular weight is 179 g/mol. The van der Waals surface area contributed by atoms with E-state index in [1.54, 1.807) is 0 Å². The van der Waals surface area contributed by atoms with E-state index in [2.05, 4.69) is 11.8 Å². The maximum absolute atomic E-state index is 12.1. The molecular weight excluding hydrogens is 162 g/mol. The summed E-state index contributed by atoms with van der Waals surface area (Å²) in [5.74, 6) is 1.37. The molecule has 0 aromatic carbocycles. The Hall–Kier alpha value is -0.530. The van der Waals surface area contributed by atoms with Gasteiger partial charge in [0.05, 0.1) is 0 Å². The lowest BCUT2D eigenvalue weighted by atomic mass is 9.83. The van der Waals surface area contributed by atoms with Crippen molar-refractivity contribution >= 4 is 5.91 Å². The molecule has 1 unspecified atom stereocenters. The molecule has 3 fully saturated rings. The van der Waals surface area contributed by atoms with Gasteiger partial charge in [0.25, 0.3) is 0 Å². The van der Waals surface area contributed by atoms with E-state index in [1.165, 1.54) is 32.1 Å². The van der Waals surface area contributed by atoms with Crippen LogP contribution in [0.4, 0.5) is 0 Å². The summed E-state index contributed by atoms with van der Waals surface area (Å²) < 4.78 is 0. The fourth-order valence-corrected chi connectivity index (χ4v) is 3.32. The van der Waals surface area contributed by atoms with Crippen molar-refractivity contribution in [1.82, 2.24) is 4.90 Å². The van der Waals surface area contributed by atoms with Crippen molar-refractivity contribution in [2.45, 2.75) is 45.1 Å². The molecule has 3 aliphatic rings. The molecular formula is C11H17NO. The summed E-state index contributed by atoms with van der Waals surface area (Å²) in [6, 6.07) is 0.543. The second-order valence-electron chi connectivity index (χ2n) is 5.23. The zero-order valence-electron chi connectivity index (χ0n) is 8.25.